The molecule has 176 valence electrons. The molecule has 0 aromatic carbocycles. The molecule has 0 aliphatic rings. The Morgan fingerprint density at radius 3 is 1.67 bits per heavy atom. The highest BCUT2D eigenvalue weighted by Gasteiger charge is 2.17. The maximum atomic E-state index is 11.9. The van der Waals surface area contributed by atoms with Crippen molar-refractivity contribution in [1.29, 1.82) is 0 Å². The van der Waals surface area contributed by atoms with Gasteiger partial charge in [0.2, 0.25) is 0 Å². The van der Waals surface area contributed by atoms with Gasteiger partial charge in [-0.3, -0.25) is 14.4 Å². The molecule has 0 N–H and O–H groups in total. The van der Waals surface area contributed by atoms with Crippen LogP contribution in [0.15, 0.2) is 0 Å². The van der Waals surface area contributed by atoms with E-state index in [-0.39, 0.29) is 25.2 Å². The van der Waals surface area contributed by atoms with E-state index in [0.717, 1.165) is 25.8 Å². The van der Waals surface area contributed by atoms with Crippen LogP contribution in [-0.2, 0) is 28.6 Å². The molecular weight excluding hydrogens is 386 g/mol. The molecule has 0 saturated carbocycles. The molecule has 7 heteroatoms. The Labute approximate surface area is 182 Å². The Morgan fingerprint density at radius 2 is 1.20 bits per heavy atom. The molecule has 0 fully saturated rings. The zero-order valence-corrected chi connectivity index (χ0v) is 19.6. The number of hydrogen-bond donors (Lipinski definition) is 0. The van der Waals surface area contributed by atoms with Crippen LogP contribution in [-0.4, -0.2) is 62.8 Å². The first-order valence-electron chi connectivity index (χ1n) is 11.5. The average Bonchev–Trinajstić information content (AvgIpc) is 2.68. The molecule has 7 nitrogen and oxygen atoms in total. The molecule has 0 aliphatic carbocycles. The predicted molar refractivity (Wildman–Crippen MR) is 117 cm³/mol. The van der Waals surface area contributed by atoms with Crippen LogP contribution in [0, 0.1) is 0 Å². The molecule has 0 saturated heterocycles. The zero-order valence-electron chi connectivity index (χ0n) is 19.6. The molecule has 0 unspecified atom stereocenters. The van der Waals surface area contributed by atoms with Crippen LogP contribution in [0.2, 0.25) is 0 Å². The monoisotopic (exact) mass is 429 g/mol. The summed E-state index contributed by atoms with van der Waals surface area (Å²) in [6.45, 7) is 4.08. The van der Waals surface area contributed by atoms with Crippen LogP contribution in [0.1, 0.15) is 90.9 Å². The lowest BCUT2D eigenvalue weighted by Crippen LogP contribution is -2.30. The maximum absolute atomic E-state index is 11.9. The largest absolute Gasteiger partial charge is 0.462 e. The lowest BCUT2D eigenvalue weighted by atomic mass is 10.1. The summed E-state index contributed by atoms with van der Waals surface area (Å²) in [5, 5.41) is 0. The lowest BCUT2D eigenvalue weighted by molar-refractivity contribution is -0.165. The van der Waals surface area contributed by atoms with E-state index in [1.165, 1.54) is 45.4 Å². The fourth-order valence-electron chi connectivity index (χ4n) is 2.99. The number of ether oxygens (including phenoxy) is 3. The van der Waals surface area contributed by atoms with E-state index in [9.17, 15) is 14.4 Å². The van der Waals surface area contributed by atoms with Crippen molar-refractivity contribution in [2.45, 2.75) is 97.0 Å². The van der Waals surface area contributed by atoms with E-state index in [4.69, 9.17) is 14.2 Å². The van der Waals surface area contributed by atoms with Gasteiger partial charge in [0, 0.05) is 19.8 Å². The normalized spacial score (nSPS) is 11.9. The van der Waals surface area contributed by atoms with Gasteiger partial charge in [0.25, 0.3) is 0 Å². The van der Waals surface area contributed by atoms with Gasteiger partial charge in [-0.15, -0.1) is 0 Å². The Kier molecular flexibility index (Phi) is 18.3. The molecule has 0 aromatic heterocycles. The third-order valence-electron chi connectivity index (χ3n) is 4.66. The topological polar surface area (TPSA) is 82.1 Å². The minimum absolute atomic E-state index is 0.0964. The molecule has 0 amide bonds. The van der Waals surface area contributed by atoms with Gasteiger partial charge in [0.1, 0.15) is 13.2 Å². The smallest absolute Gasteiger partial charge is 0.305 e. The summed E-state index contributed by atoms with van der Waals surface area (Å²) in [5.41, 5.74) is 0. The summed E-state index contributed by atoms with van der Waals surface area (Å²) in [4.78, 5) is 36.9. The fourth-order valence-corrected chi connectivity index (χ4v) is 2.99. The minimum atomic E-state index is -0.771. The molecular formula is C23H43NO6. The first-order valence-corrected chi connectivity index (χ1v) is 11.5. The van der Waals surface area contributed by atoms with E-state index in [1.54, 1.807) is 0 Å². The summed E-state index contributed by atoms with van der Waals surface area (Å²) in [6, 6.07) is 0. The van der Waals surface area contributed by atoms with Gasteiger partial charge < -0.3 is 19.1 Å². The first-order chi connectivity index (χ1) is 14.3. The van der Waals surface area contributed by atoms with Gasteiger partial charge >= 0.3 is 17.9 Å². The van der Waals surface area contributed by atoms with Crippen molar-refractivity contribution in [3.05, 3.63) is 0 Å². The van der Waals surface area contributed by atoms with Crippen molar-refractivity contribution in [2.75, 3.05) is 33.9 Å². The van der Waals surface area contributed by atoms with Crippen LogP contribution in [0.4, 0.5) is 0 Å². The third kappa shape index (κ3) is 19.7. The van der Waals surface area contributed by atoms with Crippen molar-refractivity contribution in [3.63, 3.8) is 0 Å². The SMILES string of the molecule is CCCCCCCCCCCC(=O)OC[C@H](COC(=O)CCCN(C)C)OC(C)=O. The van der Waals surface area contributed by atoms with Gasteiger partial charge in [0.05, 0.1) is 0 Å². The number of rotatable bonds is 19. The quantitative estimate of drug-likeness (QED) is 0.172. The standard InChI is InChI=1S/C23H43NO6/c1-5-6-7-8-9-10-11-12-13-15-22(26)28-18-21(30-20(2)25)19-29-23(27)16-14-17-24(3)4/h21H,5-19H2,1-4H3/t21-/m1/s1. The van der Waals surface area contributed by atoms with Crippen molar-refractivity contribution < 1.29 is 28.6 Å². The second-order valence-electron chi connectivity index (χ2n) is 8.08. The maximum Gasteiger partial charge on any atom is 0.305 e. The summed E-state index contributed by atoms with van der Waals surface area (Å²) < 4.78 is 15.5. The molecule has 0 rings (SSSR count). The van der Waals surface area contributed by atoms with Gasteiger partial charge in [-0.25, -0.2) is 0 Å². The Bertz CT molecular complexity index is 467. The molecule has 0 spiro atoms. The third-order valence-corrected chi connectivity index (χ3v) is 4.66. The van der Waals surface area contributed by atoms with Crippen molar-refractivity contribution in [2.24, 2.45) is 0 Å². The number of esters is 3. The predicted octanol–water partition coefficient (Wildman–Crippen LogP) is 4.27. The number of unbranched alkanes of at least 4 members (excludes halogenated alkanes) is 8. The number of hydrogen-bond acceptors (Lipinski definition) is 7. The van der Waals surface area contributed by atoms with Gasteiger partial charge in [-0.1, -0.05) is 58.3 Å². The highest BCUT2D eigenvalue weighted by molar-refractivity contribution is 5.70. The Hall–Kier alpha value is -1.63. The van der Waals surface area contributed by atoms with E-state index >= 15 is 0 Å². The lowest BCUT2D eigenvalue weighted by Gasteiger charge is -2.17. The highest BCUT2D eigenvalue weighted by atomic mass is 16.6. The molecule has 1 atom stereocenters. The second-order valence-corrected chi connectivity index (χ2v) is 8.08. The number of carbonyl (C=O) groups is 3. The number of nitrogens with zero attached hydrogens (tertiary/aromatic N) is 1. The minimum Gasteiger partial charge on any atom is -0.462 e. The summed E-state index contributed by atoms with van der Waals surface area (Å²) in [6.07, 6.45) is 11.2. The van der Waals surface area contributed by atoms with Crippen LogP contribution >= 0.6 is 0 Å². The van der Waals surface area contributed by atoms with E-state index in [1.807, 2.05) is 19.0 Å². The Balaban J connectivity index is 3.91. The summed E-state index contributed by atoms with van der Waals surface area (Å²) in [7, 11) is 3.87. The van der Waals surface area contributed by atoms with Gasteiger partial charge in [0.15, 0.2) is 6.10 Å². The van der Waals surface area contributed by atoms with E-state index < -0.39 is 12.1 Å². The zero-order chi connectivity index (χ0) is 22.6. The van der Waals surface area contributed by atoms with Crippen molar-refractivity contribution in [1.82, 2.24) is 4.90 Å². The Morgan fingerprint density at radius 1 is 0.733 bits per heavy atom. The summed E-state index contributed by atoms with van der Waals surface area (Å²) in [5.74, 6) is -1.17. The van der Waals surface area contributed by atoms with Gasteiger partial charge in [-0.05, 0) is 33.5 Å². The fraction of sp³-hybridized carbons (Fsp3) is 0.870. The van der Waals surface area contributed by atoms with Crippen molar-refractivity contribution in [3.8, 4) is 0 Å². The van der Waals surface area contributed by atoms with Crippen LogP contribution in [0.25, 0.3) is 0 Å². The molecule has 30 heavy (non-hydrogen) atoms. The molecule has 0 heterocycles. The van der Waals surface area contributed by atoms with E-state index in [0.29, 0.717) is 19.3 Å². The van der Waals surface area contributed by atoms with Gasteiger partial charge in [-0.2, -0.15) is 0 Å². The summed E-state index contributed by atoms with van der Waals surface area (Å²) >= 11 is 0. The molecule has 0 radical (unpaired) electrons. The van der Waals surface area contributed by atoms with Crippen LogP contribution in [0.3, 0.4) is 0 Å². The number of carbonyl (C=O) groups excluding carboxylic acids is 3. The molecule has 0 bridgehead atoms. The molecule has 0 aliphatic heterocycles. The van der Waals surface area contributed by atoms with Crippen LogP contribution in [0.5, 0.6) is 0 Å². The second kappa shape index (κ2) is 19.3. The van der Waals surface area contributed by atoms with Crippen molar-refractivity contribution >= 4 is 17.9 Å². The molecule has 0 aromatic rings. The first kappa shape index (κ1) is 28.4. The highest BCUT2D eigenvalue weighted by Crippen LogP contribution is 2.11. The van der Waals surface area contributed by atoms with Crippen LogP contribution < -0.4 is 0 Å². The van der Waals surface area contributed by atoms with E-state index in [2.05, 4.69) is 6.92 Å². The average molecular weight is 430 g/mol.